The number of nitrogens with one attached hydrogen (secondary N) is 1. The lowest BCUT2D eigenvalue weighted by atomic mass is 10.1. The monoisotopic (exact) mass is 2100 g/mol. The summed E-state index contributed by atoms with van der Waals surface area (Å²) in [6.07, 6.45) is 14.2. The number of rotatable bonds is 17. The molecule has 15 heterocycles. The van der Waals surface area contributed by atoms with Crippen LogP contribution in [0.25, 0.3) is 11.3 Å². The molecule has 0 saturated carbocycles. The molecule has 0 radical (unpaired) electrons. The zero-order chi connectivity index (χ0) is 103. The molecule has 41 heteroatoms. The maximum atomic E-state index is 14.2. The van der Waals surface area contributed by atoms with Crippen LogP contribution in [-0.4, -0.2) is 172 Å². The Hall–Kier alpha value is -11.3. The van der Waals surface area contributed by atoms with Crippen LogP contribution in [0.4, 0.5) is 20.4 Å². The molecule has 0 bridgehead atoms. The van der Waals surface area contributed by atoms with E-state index >= 15 is 0 Å². The van der Waals surface area contributed by atoms with Crippen molar-refractivity contribution in [1.29, 1.82) is 0 Å². The van der Waals surface area contributed by atoms with Gasteiger partial charge in [-0.3, -0.25) is 38.7 Å². The van der Waals surface area contributed by atoms with Gasteiger partial charge in [0.2, 0.25) is 0 Å². The fourth-order valence-corrected chi connectivity index (χ4v) is 14.8. The van der Waals surface area contributed by atoms with Crippen molar-refractivity contribution in [1.82, 2.24) is 69.4 Å². The second-order valence-corrected chi connectivity index (χ2v) is 35.7. The number of amides is 1. The fourth-order valence-electron chi connectivity index (χ4n) is 13.3. The zero-order valence-corrected chi connectivity index (χ0v) is 86.2. The average molecular weight is 2100 g/mol. The molecule has 0 atom stereocenters. The van der Waals surface area contributed by atoms with Crippen molar-refractivity contribution in [2.75, 3.05) is 39.4 Å². The second-order valence-electron chi connectivity index (χ2n) is 32.3. The number of aromatic nitrogens is 10. The third-order valence-electron chi connectivity index (χ3n) is 20.8. The van der Waals surface area contributed by atoms with E-state index in [2.05, 4.69) is 117 Å². The van der Waals surface area contributed by atoms with Gasteiger partial charge in [-0.2, -0.15) is 0 Å². The van der Waals surface area contributed by atoms with Crippen molar-refractivity contribution < 1.29 is 71.8 Å². The van der Waals surface area contributed by atoms with E-state index in [0.29, 0.717) is 135 Å². The Morgan fingerprint density at radius 3 is 1.41 bits per heavy atom. The van der Waals surface area contributed by atoms with Gasteiger partial charge in [0.05, 0.1) is 98.5 Å². The lowest BCUT2D eigenvalue weighted by Crippen LogP contribution is -2.24. The Morgan fingerprint density at radius 1 is 0.464 bits per heavy atom. The average Bonchev–Trinajstić information content (AvgIpc) is 1.61. The summed E-state index contributed by atoms with van der Waals surface area (Å²) >= 11 is 50.5. The summed E-state index contributed by atoms with van der Waals surface area (Å²) in [5.74, 6) is 0.944. The van der Waals surface area contributed by atoms with E-state index in [9.17, 15) is 37.5 Å². The first kappa shape index (κ1) is 116. The van der Waals surface area contributed by atoms with Crippen molar-refractivity contribution in [2.24, 2.45) is 5.73 Å². The molecule has 30 nitrogen and oxygen atoms in total. The van der Waals surface area contributed by atoms with Crippen LogP contribution >= 0.6 is 104 Å². The number of nitrogens with two attached hydrogens (primary N) is 2. The van der Waals surface area contributed by atoms with Crippen LogP contribution in [-0.2, 0) is 83.5 Å². The molecule has 0 saturated heterocycles. The Morgan fingerprint density at radius 2 is 0.921 bits per heavy atom. The number of ether oxygens (including phenoxy) is 4. The van der Waals surface area contributed by atoms with Crippen LogP contribution in [0.5, 0.6) is 17.2 Å². The predicted octanol–water partition coefficient (Wildman–Crippen LogP) is 20.5. The van der Waals surface area contributed by atoms with Crippen molar-refractivity contribution in [3.63, 3.8) is 0 Å². The van der Waals surface area contributed by atoms with E-state index in [0.717, 1.165) is 68.3 Å². The molecule has 744 valence electrons. The molecule has 1 amide bonds. The number of hydrogen-bond acceptors (Lipinski definition) is 29. The highest BCUT2D eigenvalue weighted by Crippen LogP contribution is 2.37. The van der Waals surface area contributed by atoms with Crippen LogP contribution < -0.4 is 31.0 Å². The first-order chi connectivity index (χ1) is 66.4. The Kier molecular flexibility index (Phi) is 47.1. The van der Waals surface area contributed by atoms with Gasteiger partial charge in [0, 0.05) is 160 Å². The molecule has 5 aliphatic rings. The van der Waals surface area contributed by atoms with E-state index in [1.807, 2.05) is 57.7 Å². The maximum Gasteiger partial charge on any atom is 0.340 e. The van der Waals surface area contributed by atoms with Gasteiger partial charge in [-0.1, -0.05) is 113 Å². The molecular formula is C99H108Cl9F2N17O13. The predicted molar refractivity (Wildman–Crippen MR) is 541 cm³/mol. The molecule has 2 aromatic carbocycles. The molecule has 140 heavy (non-hydrogen) atoms. The smallest absolute Gasteiger partial charge is 0.340 e. The highest BCUT2D eigenvalue weighted by atomic mass is 35.5. The highest BCUT2D eigenvalue weighted by molar-refractivity contribution is 6.67. The molecule has 12 aromatic rings. The number of nitrogen functional groups attached to an aromatic ring is 1. The standard InChI is InChI=1S/C22H17ClF2N2O3.C11H17N3.C10H13ClN2.C10H15N3.2C8H8ClNO2.C7H4ClNO2.C7H8ClNO2.C7H6ClNO.C6H3Cl2NO.C3H9N/c1-29-13-7-6-12(19(8-13)30-2)10-27-11-18-20(22(27)28)14(23)9-17(26-18)21-15(24)4-3-5-16(21)25;1-8(2)14-6-9-4-11(12-3)13-5-10(9)7-14;2*1-7(2)13-5-8-3-10(11)12-4-9(8)6-13;1-5(11)6-4-10-8(9)3-7(6)12-2;1-5(12)7-3-10-8(9)2-6(7)4-11;8-6-1-4-3-11-7(10)5(4)2-9-6;8-7-1-5(3-10)6(4-11)2-9-7;1-5(10)6-2-3-7(8)9-4-6;7-5-2-1-4(3-9-5)6(8)10;1-3(2)4/h3-9H,10-11H2,1-2H3;4-5,8H,6-7H2,1-3H3,(H,12,13);3-4,7H,5-6H2,1-2H3;3-4,7H,5-6H2,1-2H3,(H2,11,12);3-4H,1-2H3;2-3,11H,4H2,1H3;1-2H,3H2;1-2,10-11H,3-4H2;2-4H,1H3;1-3H;3H,4H2,1-2H3. The number of ketones is 3. The number of halogens is 11. The number of pyridine rings is 10. The number of Topliss-reactive ketones (excluding diaryl/α,β-unsaturated/α-hetero) is 3. The summed E-state index contributed by atoms with van der Waals surface area (Å²) < 4.78 is 48.6. The normalized spacial score (nSPS) is 12.6. The van der Waals surface area contributed by atoms with Gasteiger partial charge in [-0.05, 0) is 215 Å². The Labute approximate surface area is 856 Å². The van der Waals surface area contributed by atoms with E-state index in [1.54, 1.807) is 42.3 Å². The summed E-state index contributed by atoms with van der Waals surface area (Å²) in [5.41, 5.74) is 24.9. The topological polar surface area (TPSA) is 406 Å². The molecule has 0 fully saturated rings. The van der Waals surface area contributed by atoms with Crippen LogP contribution in [0.2, 0.25) is 41.1 Å². The molecule has 0 unspecified atom stereocenters. The van der Waals surface area contributed by atoms with E-state index < -0.39 is 16.9 Å². The number of fused-ring (bicyclic) bond motifs is 5. The number of benzene rings is 2. The fraction of sp³-hybridized carbons (Fsp3) is 0.313. The molecule has 17 rings (SSSR count). The van der Waals surface area contributed by atoms with Gasteiger partial charge in [0.25, 0.3) is 11.1 Å². The van der Waals surface area contributed by atoms with Crippen LogP contribution in [0.3, 0.4) is 0 Å². The SMILES string of the molecule is CC(=O)c1ccc(Cl)nc1.CC(=O)c1cnc(Cl)cc1CO.CC(C)N.CC(C)N1Cc2cnc(Cl)cc2C1.CC(C)N1Cc2cnc(N)cc2C1.CNc1cc2c(cn1)CN(C(C)C)C2.COc1cc(Cl)ncc1C(C)=O.COc1ccc(CN2Cc3nc(-c4c(F)cccc4F)cc(Cl)c3C2=O)c(OC)c1.O=C(Cl)c1ccc(Cl)nc1.O=C1OCc2cc(Cl)ncc21.OCc1cnc(Cl)cc1CO. The molecule has 0 aliphatic carbocycles. The van der Waals surface area contributed by atoms with E-state index in [4.69, 9.17) is 150 Å². The van der Waals surface area contributed by atoms with Gasteiger partial charge < -0.3 is 56.0 Å². The Bertz CT molecular complexity index is 6040. The number of anilines is 2. The minimum absolute atomic E-state index is 0.00386. The number of aliphatic hydroxyl groups excluding tert-OH is 3. The molecule has 8 N–H and O–H groups in total. The number of cyclic esters (lactones) is 1. The van der Waals surface area contributed by atoms with E-state index in [1.165, 1.54) is 148 Å². The van der Waals surface area contributed by atoms with Crippen molar-refractivity contribution in [3.05, 3.63) is 318 Å². The Balaban J connectivity index is 0.000000216. The molecule has 10 aromatic heterocycles. The summed E-state index contributed by atoms with van der Waals surface area (Å²) in [6, 6.07) is 30.9. The summed E-state index contributed by atoms with van der Waals surface area (Å²) in [5, 5.41) is 31.7. The van der Waals surface area contributed by atoms with Crippen LogP contribution in [0, 0.1) is 11.6 Å². The second kappa shape index (κ2) is 57.0. The quantitative estimate of drug-likeness (QED) is 0.0213. The minimum Gasteiger partial charge on any atom is -0.497 e. The number of carbonyl (C=O) groups is 6. The van der Waals surface area contributed by atoms with Crippen molar-refractivity contribution in [2.45, 2.75) is 179 Å². The van der Waals surface area contributed by atoms with Crippen molar-refractivity contribution >= 4 is 151 Å². The maximum absolute atomic E-state index is 14.2. The van der Waals surface area contributed by atoms with E-state index in [-0.39, 0.29) is 89.1 Å². The number of aliphatic hydroxyl groups is 3. The third kappa shape index (κ3) is 35.5. The molecule has 0 spiro atoms. The van der Waals surface area contributed by atoms with Gasteiger partial charge in [0.1, 0.15) is 83.2 Å². The number of carbonyl (C=O) groups excluding carboxylic acids is 6. The number of nitrogens with zero attached hydrogens (tertiary/aromatic N) is 14. The zero-order valence-electron chi connectivity index (χ0n) is 79.4. The minimum atomic E-state index is -0.748. The lowest BCUT2D eigenvalue weighted by molar-refractivity contribution is 0.0534. The first-order valence-corrected chi connectivity index (χ1v) is 46.5. The number of methoxy groups -OCH3 is 3. The number of esters is 1. The largest absolute Gasteiger partial charge is 0.497 e. The summed E-state index contributed by atoms with van der Waals surface area (Å²) in [6.45, 7) is 28.0. The lowest BCUT2D eigenvalue weighted by Gasteiger charge is -2.18. The van der Waals surface area contributed by atoms with Gasteiger partial charge in [-0.25, -0.2) is 63.4 Å². The molecular weight excluding hydrogens is 1990 g/mol. The summed E-state index contributed by atoms with van der Waals surface area (Å²) in [7, 11) is 6.48. The van der Waals surface area contributed by atoms with Gasteiger partial charge >= 0.3 is 5.97 Å². The van der Waals surface area contributed by atoms with Crippen LogP contribution in [0.1, 0.15) is 205 Å². The van der Waals surface area contributed by atoms with Crippen molar-refractivity contribution in [3.8, 4) is 28.5 Å². The first-order valence-electron chi connectivity index (χ1n) is 43.1. The summed E-state index contributed by atoms with van der Waals surface area (Å²) in [4.78, 5) is 115. The van der Waals surface area contributed by atoms with Gasteiger partial charge in [-0.15, -0.1) is 0 Å². The van der Waals surface area contributed by atoms with Crippen LogP contribution in [0.15, 0.2) is 165 Å². The number of hydrogen-bond donors (Lipinski definition) is 6. The highest BCUT2D eigenvalue weighted by Gasteiger charge is 2.34. The molecule has 5 aliphatic heterocycles. The third-order valence-corrected chi connectivity index (χ3v) is 22.8. The van der Waals surface area contributed by atoms with Gasteiger partial charge in [0.15, 0.2) is 17.3 Å².